The summed E-state index contributed by atoms with van der Waals surface area (Å²) < 4.78 is 12.9. The third-order valence-corrected chi connectivity index (χ3v) is 18.6. The molecule has 0 saturated heterocycles. The minimum Gasteiger partial charge on any atom is -0.507 e. The number of phenolic OH excluding ortho intramolecular Hbond substituents is 2. The molecule has 70 heavy (non-hydrogen) atoms. The standard InChI is InChI=1S/C65H81NO4/c1-9-11-20-69-48-16-18-50(52(32-48)54-28-46(62(3,4)5)30-56(60(54)67)64-34-40-22-41(35-64)24-42(23-40)36-64)58-14-13-15-59(66-58)51-19-17-49(70-21-12-10-2)33-53(51)55-29-47(63(6,7)8)31-57(61(55)68)65-37-43-25-44(38-65)27-45(26-43)39-65/h13-19,28-33,40-45,67-68H,9-12,20-27,34-39H2,1-8H3. The van der Waals surface area contributed by atoms with Crippen LogP contribution in [0.25, 0.3) is 44.8 Å². The fraction of sp³-hybridized carbons (Fsp3) is 0.554. The zero-order valence-electron chi connectivity index (χ0n) is 43.9. The second-order valence-electron chi connectivity index (χ2n) is 26.0. The van der Waals surface area contributed by atoms with Crippen LogP contribution in [0.2, 0.25) is 0 Å². The zero-order valence-corrected chi connectivity index (χ0v) is 43.9. The number of ether oxygens (including phenoxy) is 2. The quantitative estimate of drug-likeness (QED) is 0.109. The Labute approximate surface area is 420 Å². The fourth-order valence-corrected chi connectivity index (χ4v) is 15.8. The van der Waals surface area contributed by atoms with E-state index in [1.165, 1.54) is 88.2 Å². The second kappa shape index (κ2) is 18.1. The molecule has 5 heteroatoms. The van der Waals surface area contributed by atoms with Crippen LogP contribution in [0.15, 0.2) is 78.9 Å². The molecule has 2 N–H and O–H groups in total. The van der Waals surface area contributed by atoms with Crippen LogP contribution in [-0.4, -0.2) is 28.4 Å². The molecule has 5 aromatic rings. The molecular weight excluding hydrogens is 859 g/mol. The fourth-order valence-electron chi connectivity index (χ4n) is 15.8. The molecule has 0 atom stereocenters. The SMILES string of the molecule is CCCCOc1ccc(-c2cccc(-c3ccc(OCCCC)cc3-c3cc(C(C)(C)C)cc(C45CC6CC(CC(C6)C4)C5)c3O)n2)c(-c2cc(C(C)(C)C)cc(C34CC5CC(CC(C5)C3)C4)c2O)c1. The molecule has 0 aliphatic heterocycles. The monoisotopic (exact) mass is 940 g/mol. The number of phenols is 2. The van der Waals surface area contributed by atoms with Gasteiger partial charge in [-0.2, -0.15) is 0 Å². The lowest BCUT2D eigenvalue weighted by molar-refractivity contribution is -0.00631. The largest absolute Gasteiger partial charge is 0.507 e. The van der Waals surface area contributed by atoms with Gasteiger partial charge in [0.25, 0.3) is 0 Å². The zero-order chi connectivity index (χ0) is 48.7. The Morgan fingerprint density at radius 3 is 1.16 bits per heavy atom. The maximum absolute atomic E-state index is 13.0. The van der Waals surface area contributed by atoms with Gasteiger partial charge < -0.3 is 19.7 Å². The smallest absolute Gasteiger partial charge is 0.127 e. The summed E-state index contributed by atoms with van der Waals surface area (Å²) >= 11 is 0. The van der Waals surface area contributed by atoms with Crippen LogP contribution in [0.3, 0.4) is 0 Å². The van der Waals surface area contributed by atoms with Gasteiger partial charge in [-0.25, -0.2) is 4.98 Å². The number of nitrogens with zero attached hydrogens (tertiary/aromatic N) is 1. The summed E-state index contributed by atoms with van der Waals surface area (Å²) in [5, 5.41) is 25.9. The summed E-state index contributed by atoms with van der Waals surface area (Å²) in [6, 6.07) is 28.5. The third-order valence-electron chi connectivity index (χ3n) is 18.6. The average Bonchev–Trinajstić information content (AvgIpc) is 3.30. The number of pyridine rings is 1. The number of unbranched alkanes of at least 4 members (excludes halogenated alkanes) is 2. The summed E-state index contributed by atoms with van der Waals surface area (Å²) in [6.45, 7) is 19.5. The van der Waals surface area contributed by atoms with E-state index in [-0.39, 0.29) is 21.7 Å². The van der Waals surface area contributed by atoms with Crippen LogP contribution in [0.4, 0.5) is 0 Å². The maximum Gasteiger partial charge on any atom is 0.127 e. The first-order valence-corrected chi connectivity index (χ1v) is 27.8. The first kappa shape index (κ1) is 47.5. The molecule has 0 unspecified atom stereocenters. The van der Waals surface area contributed by atoms with Gasteiger partial charge >= 0.3 is 0 Å². The number of benzene rings is 4. The van der Waals surface area contributed by atoms with E-state index in [0.29, 0.717) is 24.7 Å². The molecule has 1 aromatic heterocycles. The Hall–Kier alpha value is -4.77. The number of aromatic hydroxyl groups is 2. The van der Waals surface area contributed by atoms with Crippen LogP contribution in [0, 0.1) is 35.5 Å². The van der Waals surface area contributed by atoms with Crippen molar-refractivity contribution in [1.29, 1.82) is 0 Å². The molecule has 8 bridgehead atoms. The third kappa shape index (κ3) is 8.76. The highest BCUT2D eigenvalue weighted by Crippen LogP contribution is 2.65. The highest BCUT2D eigenvalue weighted by atomic mass is 16.5. The minimum absolute atomic E-state index is 0.0106. The number of rotatable bonds is 14. The summed E-state index contributed by atoms with van der Waals surface area (Å²) in [5.74, 6) is 7.04. The Bertz CT molecular complexity index is 2510. The maximum atomic E-state index is 13.0. The molecule has 13 rings (SSSR count). The lowest BCUT2D eigenvalue weighted by Gasteiger charge is -2.57. The summed E-state index contributed by atoms with van der Waals surface area (Å²) in [5.41, 5.74) is 11.8. The van der Waals surface area contributed by atoms with Crippen molar-refractivity contribution in [3.05, 3.63) is 101 Å². The van der Waals surface area contributed by atoms with Crippen molar-refractivity contribution < 1.29 is 19.7 Å². The van der Waals surface area contributed by atoms with Gasteiger partial charge in [0, 0.05) is 33.4 Å². The van der Waals surface area contributed by atoms with Crippen LogP contribution < -0.4 is 9.47 Å². The molecular formula is C65H81NO4. The van der Waals surface area contributed by atoms with Crippen LogP contribution >= 0.6 is 0 Å². The Balaban J connectivity index is 1.07. The van der Waals surface area contributed by atoms with Crippen molar-refractivity contribution in [1.82, 2.24) is 4.98 Å². The van der Waals surface area contributed by atoms with E-state index >= 15 is 0 Å². The van der Waals surface area contributed by atoms with Crippen LogP contribution in [-0.2, 0) is 21.7 Å². The van der Waals surface area contributed by atoms with E-state index in [0.717, 1.165) is 129 Å². The number of hydrogen-bond donors (Lipinski definition) is 2. The van der Waals surface area contributed by atoms with Crippen LogP contribution in [0.1, 0.15) is 180 Å². The van der Waals surface area contributed by atoms with E-state index in [1.54, 1.807) is 0 Å². The predicted octanol–water partition coefficient (Wildman–Crippen LogP) is 17.0. The molecule has 8 aliphatic carbocycles. The van der Waals surface area contributed by atoms with E-state index in [9.17, 15) is 10.2 Å². The van der Waals surface area contributed by atoms with Crippen molar-refractivity contribution in [3.63, 3.8) is 0 Å². The lowest BCUT2D eigenvalue weighted by atomic mass is 9.47. The van der Waals surface area contributed by atoms with E-state index in [4.69, 9.17) is 14.5 Å². The lowest BCUT2D eigenvalue weighted by Crippen LogP contribution is -2.48. The Kier molecular flexibility index (Phi) is 12.3. The van der Waals surface area contributed by atoms with Crippen molar-refractivity contribution in [2.45, 2.75) is 180 Å². The highest BCUT2D eigenvalue weighted by molar-refractivity contribution is 5.90. The number of hydrogen-bond acceptors (Lipinski definition) is 5. The minimum atomic E-state index is -0.124. The van der Waals surface area contributed by atoms with Crippen molar-refractivity contribution in [2.75, 3.05) is 13.2 Å². The van der Waals surface area contributed by atoms with Gasteiger partial charge in [0.1, 0.15) is 23.0 Å². The van der Waals surface area contributed by atoms with Gasteiger partial charge in [-0.3, -0.25) is 0 Å². The van der Waals surface area contributed by atoms with Gasteiger partial charge in [0.2, 0.25) is 0 Å². The Morgan fingerprint density at radius 2 is 0.829 bits per heavy atom. The average molecular weight is 940 g/mol. The second-order valence-corrected chi connectivity index (χ2v) is 26.0. The van der Waals surface area contributed by atoms with Crippen molar-refractivity contribution in [2.24, 2.45) is 35.5 Å². The van der Waals surface area contributed by atoms with E-state index < -0.39 is 0 Å². The first-order valence-electron chi connectivity index (χ1n) is 27.8. The molecule has 0 radical (unpaired) electrons. The van der Waals surface area contributed by atoms with E-state index in [2.05, 4.69) is 134 Å². The van der Waals surface area contributed by atoms with Gasteiger partial charge in [-0.15, -0.1) is 0 Å². The first-order chi connectivity index (χ1) is 33.5. The molecule has 8 saturated carbocycles. The molecule has 8 aliphatic rings. The summed E-state index contributed by atoms with van der Waals surface area (Å²) in [6.07, 6.45) is 19.3. The van der Waals surface area contributed by atoms with Crippen molar-refractivity contribution >= 4 is 0 Å². The molecule has 8 fully saturated rings. The molecule has 4 aromatic carbocycles. The topological polar surface area (TPSA) is 71.8 Å². The summed E-state index contributed by atoms with van der Waals surface area (Å²) in [4.78, 5) is 5.61. The Morgan fingerprint density at radius 1 is 0.471 bits per heavy atom. The van der Waals surface area contributed by atoms with Crippen molar-refractivity contribution in [3.8, 4) is 67.8 Å². The molecule has 1 heterocycles. The van der Waals surface area contributed by atoms with Gasteiger partial charge in [-0.05, 0) is 230 Å². The van der Waals surface area contributed by atoms with E-state index in [1.807, 2.05) is 0 Å². The van der Waals surface area contributed by atoms with Crippen LogP contribution in [0.5, 0.6) is 23.0 Å². The van der Waals surface area contributed by atoms with Gasteiger partial charge in [-0.1, -0.05) is 86.4 Å². The normalized spacial score (nSPS) is 27.6. The molecule has 370 valence electrons. The molecule has 0 amide bonds. The van der Waals surface area contributed by atoms with Gasteiger partial charge in [0.15, 0.2) is 0 Å². The molecule has 0 spiro atoms. The number of aromatic nitrogens is 1. The highest BCUT2D eigenvalue weighted by Gasteiger charge is 2.54. The predicted molar refractivity (Wildman–Crippen MR) is 287 cm³/mol. The molecule has 5 nitrogen and oxygen atoms in total. The summed E-state index contributed by atoms with van der Waals surface area (Å²) in [7, 11) is 0. The van der Waals surface area contributed by atoms with Gasteiger partial charge in [0.05, 0.1) is 24.6 Å².